The van der Waals surface area contributed by atoms with E-state index in [0.717, 1.165) is 32.4 Å². The van der Waals surface area contributed by atoms with Gasteiger partial charge >= 0.3 is 0 Å². The van der Waals surface area contributed by atoms with Gasteiger partial charge in [0.25, 0.3) is 0 Å². The lowest BCUT2D eigenvalue weighted by Gasteiger charge is -2.38. The van der Waals surface area contributed by atoms with E-state index in [1.807, 2.05) is 0 Å². The standard InChI is InChI=1S/C21H38N6S3/c1-15(2)25(19(28)22-7)13-10-11-18(27(17(5)6)21(30)24-9)12-14-26(16(3)4)20(29)23-8/h15-18H,7-14H2,1-6H3. The monoisotopic (exact) mass is 470 g/mol. The van der Waals surface area contributed by atoms with Crippen LogP contribution in [0.5, 0.6) is 0 Å². The smallest absolute Gasteiger partial charge is 0.195 e. The Labute approximate surface area is 199 Å². The van der Waals surface area contributed by atoms with Gasteiger partial charge in [0.05, 0.1) is 0 Å². The third kappa shape index (κ3) is 9.22. The summed E-state index contributed by atoms with van der Waals surface area (Å²) in [5, 5.41) is 1.59. The molecule has 0 spiro atoms. The highest BCUT2D eigenvalue weighted by Crippen LogP contribution is 2.19. The summed E-state index contributed by atoms with van der Waals surface area (Å²) in [5.74, 6) is 0. The Bertz CT molecular complexity index is 618. The molecule has 0 aromatic rings. The maximum Gasteiger partial charge on any atom is 0.195 e. The van der Waals surface area contributed by atoms with Crippen molar-refractivity contribution in [3.63, 3.8) is 0 Å². The van der Waals surface area contributed by atoms with E-state index < -0.39 is 0 Å². The zero-order valence-corrected chi connectivity index (χ0v) is 21.8. The van der Waals surface area contributed by atoms with E-state index in [0.29, 0.717) is 15.3 Å². The van der Waals surface area contributed by atoms with E-state index in [-0.39, 0.29) is 24.2 Å². The largest absolute Gasteiger partial charge is 0.345 e. The van der Waals surface area contributed by atoms with Gasteiger partial charge in [-0.15, -0.1) is 0 Å². The van der Waals surface area contributed by atoms with Crippen LogP contribution in [0.4, 0.5) is 0 Å². The van der Waals surface area contributed by atoms with Crippen LogP contribution >= 0.6 is 36.7 Å². The zero-order valence-electron chi connectivity index (χ0n) is 19.4. The molecule has 1 atom stereocenters. The Morgan fingerprint density at radius 2 is 1.10 bits per heavy atom. The van der Waals surface area contributed by atoms with Gasteiger partial charge in [0, 0.05) is 37.3 Å². The average Bonchev–Trinajstić information content (AvgIpc) is 2.68. The molecule has 170 valence electrons. The predicted molar refractivity (Wildman–Crippen MR) is 145 cm³/mol. The van der Waals surface area contributed by atoms with Crippen molar-refractivity contribution in [1.29, 1.82) is 0 Å². The molecule has 0 heterocycles. The van der Waals surface area contributed by atoms with Gasteiger partial charge in [0.2, 0.25) is 0 Å². The van der Waals surface area contributed by atoms with Gasteiger partial charge < -0.3 is 14.7 Å². The van der Waals surface area contributed by atoms with Crippen LogP contribution in [0, 0.1) is 0 Å². The molecule has 0 saturated carbocycles. The van der Waals surface area contributed by atoms with Crippen LogP contribution in [0.15, 0.2) is 15.0 Å². The van der Waals surface area contributed by atoms with E-state index >= 15 is 0 Å². The maximum atomic E-state index is 5.51. The number of thiocarbonyl (C=S) groups is 3. The first-order chi connectivity index (χ1) is 14.0. The fraction of sp³-hybridized carbons (Fsp3) is 0.714. The molecule has 0 aromatic heterocycles. The van der Waals surface area contributed by atoms with Crippen LogP contribution in [0.3, 0.4) is 0 Å². The van der Waals surface area contributed by atoms with Gasteiger partial charge in [0.1, 0.15) is 0 Å². The van der Waals surface area contributed by atoms with Crippen molar-refractivity contribution >= 4 is 72.1 Å². The number of aliphatic imine (C=N–C) groups is 3. The minimum Gasteiger partial charge on any atom is -0.345 e. The Kier molecular flexibility index (Phi) is 14.0. The number of hydrogen-bond donors (Lipinski definition) is 0. The molecule has 1 unspecified atom stereocenters. The first-order valence-corrected chi connectivity index (χ1v) is 11.6. The highest BCUT2D eigenvalue weighted by atomic mass is 32.1. The van der Waals surface area contributed by atoms with E-state index in [4.69, 9.17) is 36.7 Å². The van der Waals surface area contributed by atoms with Crippen molar-refractivity contribution in [1.82, 2.24) is 14.7 Å². The van der Waals surface area contributed by atoms with Crippen LogP contribution in [-0.2, 0) is 0 Å². The molecule has 6 nitrogen and oxygen atoms in total. The third-order valence-corrected chi connectivity index (χ3v) is 6.02. The first-order valence-electron chi connectivity index (χ1n) is 10.3. The molecule has 0 aliphatic heterocycles. The summed E-state index contributed by atoms with van der Waals surface area (Å²) in [7, 11) is 0. The molecule has 0 N–H and O–H groups in total. The van der Waals surface area contributed by atoms with E-state index in [1.54, 1.807) is 0 Å². The molecule has 0 aromatic carbocycles. The summed E-state index contributed by atoms with van der Waals surface area (Å²) in [5.41, 5.74) is 0. The molecule has 0 bridgehead atoms. The van der Waals surface area contributed by atoms with Gasteiger partial charge in [-0.1, -0.05) is 0 Å². The second-order valence-corrected chi connectivity index (χ2v) is 9.08. The quantitative estimate of drug-likeness (QED) is 0.324. The third-order valence-electron chi connectivity index (χ3n) is 4.95. The number of rotatable bonds is 11. The number of nitrogens with zero attached hydrogens (tertiary/aromatic N) is 6. The van der Waals surface area contributed by atoms with Crippen molar-refractivity contribution in [3.8, 4) is 0 Å². The van der Waals surface area contributed by atoms with Crippen molar-refractivity contribution in [2.75, 3.05) is 13.1 Å². The normalized spacial score (nSPS) is 11.9. The predicted octanol–water partition coefficient (Wildman–Crippen LogP) is 4.61. The Morgan fingerprint density at radius 1 is 0.667 bits per heavy atom. The van der Waals surface area contributed by atoms with E-state index in [1.165, 1.54) is 0 Å². The Hall–Kier alpha value is -1.32. The highest BCUT2D eigenvalue weighted by molar-refractivity contribution is 7.80. The molecule has 9 heteroatoms. The maximum absolute atomic E-state index is 5.51. The zero-order chi connectivity index (χ0) is 23.4. The second-order valence-electron chi connectivity index (χ2n) is 7.98. The van der Waals surface area contributed by atoms with Crippen molar-refractivity contribution in [2.24, 2.45) is 15.0 Å². The lowest BCUT2D eigenvalue weighted by Crippen LogP contribution is -2.46. The molecular formula is C21H38N6S3. The van der Waals surface area contributed by atoms with Gasteiger partial charge in [-0.05, 0) is 118 Å². The molecule has 0 fully saturated rings. The summed E-state index contributed by atoms with van der Waals surface area (Å²) >= 11 is 16.2. The summed E-state index contributed by atoms with van der Waals surface area (Å²) in [6, 6.07) is 0.914. The van der Waals surface area contributed by atoms with Gasteiger partial charge in [-0.25, -0.2) is 15.0 Å². The Morgan fingerprint density at radius 3 is 1.47 bits per heavy atom. The summed E-state index contributed by atoms with van der Waals surface area (Å²) in [6.45, 7) is 25.1. The van der Waals surface area contributed by atoms with Crippen molar-refractivity contribution in [3.05, 3.63) is 0 Å². The van der Waals surface area contributed by atoms with Crippen LogP contribution in [-0.4, -0.2) is 87.4 Å². The van der Waals surface area contributed by atoms with E-state index in [2.05, 4.69) is 91.4 Å². The van der Waals surface area contributed by atoms with Crippen LogP contribution in [0.1, 0.15) is 60.8 Å². The van der Waals surface area contributed by atoms with Crippen molar-refractivity contribution in [2.45, 2.75) is 85.0 Å². The molecule has 0 aliphatic carbocycles. The lowest BCUT2D eigenvalue weighted by molar-refractivity contribution is 0.207. The van der Waals surface area contributed by atoms with Gasteiger partial charge in [-0.2, -0.15) is 0 Å². The molecule has 0 radical (unpaired) electrons. The van der Waals surface area contributed by atoms with Gasteiger partial charge in [-0.3, -0.25) is 0 Å². The SMILES string of the molecule is C=NC(=S)N(CCCC(CCN(C(=S)N=C)C(C)C)N(C(=S)N=C)C(C)C)C(C)C. The Balaban J connectivity index is 5.47. The summed E-state index contributed by atoms with van der Waals surface area (Å²) < 4.78 is 0. The molecule has 0 saturated heterocycles. The molecule has 0 amide bonds. The highest BCUT2D eigenvalue weighted by Gasteiger charge is 2.25. The first kappa shape index (κ1) is 28.7. The lowest BCUT2D eigenvalue weighted by atomic mass is 10.0. The summed E-state index contributed by atoms with van der Waals surface area (Å²) in [4.78, 5) is 18.3. The molecule has 0 rings (SSSR count). The van der Waals surface area contributed by atoms with Crippen LogP contribution in [0.2, 0.25) is 0 Å². The van der Waals surface area contributed by atoms with Crippen LogP contribution < -0.4 is 0 Å². The second kappa shape index (κ2) is 14.6. The minimum atomic E-state index is 0.191. The minimum absolute atomic E-state index is 0.191. The van der Waals surface area contributed by atoms with Crippen LogP contribution in [0.25, 0.3) is 0 Å². The van der Waals surface area contributed by atoms with E-state index in [9.17, 15) is 0 Å². The topological polar surface area (TPSA) is 46.8 Å². The molecule has 0 aliphatic rings. The molecule has 30 heavy (non-hydrogen) atoms. The van der Waals surface area contributed by atoms with Crippen molar-refractivity contribution < 1.29 is 0 Å². The fourth-order valence-corrected chi connectivity index (χ4v) is 4.38. The molecular weight excluding hydrogens is 432 g/mol. The average molecular weight is 471 g/mol. The van der Waals surface area contributed by atoms with Gasteiger partial charge in [0.15, 0.2) is 15.3 Å². The fourth-order valence-electron chi connectivity index (χ4n) is 3.42. The number of hydrogen-bond acceptors (Lipinski definition) is 3. The summed E-state index contributed by atoms with van der Waals surface area (Å²) in [6.07, 6.45) is 2.73.